The van der Waals surface area contributed by atoms with E-state index < -0.39 is 12.0 Å². The molecule has 0 spiro atoms. The zero-order valence-corrected chi connectivity index (χ0v) is 11.0. The lowest BCUT2D eigenvalue weighted by Gasteiger charge is -2.16. The van der Waals surface area contributed by atoms with Crippen LogP contribution in [-0.2, 0) is 4.79 Å². The Balaban J connectivity index is 1.85. The molecule has 0 heterocycles. The normalized spacial score (nSPS) is 11.6. The third-order valence-corrected chi connectivity index (χ3v) is 2.83. The summed E-state index contributed by atoms with van der Waals surface area (Å²) in [6.07, 6.45) is 0.388. The Morgan fingerprint density at radius 1 is 1.05 bits per heavy atom. The van der Waals surface area contributed by atoms with Crippen LogP contribution in [0.25, 0.3) is 0 Å². The molecule has 104 valence electrons. The van der Waals surface area contributed by atoms with Gasteiger partial charge in [0.1, 0.15) is 11.8 Å². The van der Waals surface area contributed by atoms with Crippen molar-refractivity contribution in [3.8, 4) is 5.75 Å². The summed E-state index contributed by atoms with van der Waals surface area (Å²) in [5, 5.41) is 12.2. The summed E-state index contributed by atoms with van der Waals surface area (Å²) in [6, 6.07) is 18.0. The minimum atomic E-state index is -0.884. The average Bonchev–Trinajstić information content (AvgIpc) is 2.48. The topological polar surface area (TPSA) is 58.6 Å². The van der Waals surface area contributed by atoms with E-state index in [1.807, 2.05) is 60.7 Å². The standard InChI is InChI=1S/C16H17NO3/c18-16(19)15(17-13-7-3-1-4-8-13)11-12-20-14-9-5-2-6-10-14/h1-10,15,17H,11-12H2,(H,18,19). The van der Waals surface area contributed by atoms with Gasteiger partial charge in [0, 0.05) is 12.1 Å². The van der Waals surface area contributed by atoms with Gasteiger partial charge in [0.25, 0.3) is 0 Å². The van der Waals surface area contributed by atoms with Crippen LogP contribution in [0.1, 0.15) is 6.42 Å². The molecule has 2 rings (SSSR count). The van der Waals surface area contributed by atoms with Crippen LogP contribution in [0.4, 0.5) is 5.69 Å². The zero-order chi connectivity index (χ0) is 14.2. The molecule has 0 aromatic heterocycles. The number of aliphatic carboxylic acids is 1. The number of nitrogens with one attached hydrogen (secondary N) is 1. The van der Waals surface area contributed by atoms with E-state index in [0.29, 0.717) is 13.0 Å². The maximum absolute atomic E-state index is 11.2. The molecule has 0 fully saturated rings. The van der Waals surface area contributed by atoms with Crippen LogP contribution >= 0.6 is 0 Å². The number of carboxylic acids is 1. The van der Waals surface area contributed by atoms with Gasteiger partial charge in [-0.2, -0.15) is 0 Å². The molecule has 1 unspecified atom stereocenters. The van der Waals surface area contributed by atoms with Gasteiger partial charge >= 0.3 is 5.97 Å². The van der Waals surface area contributed by atoms with Crippen molar-refractivity contribution in [2.24, 2.45) is 0 Å². The number of para-hydroxylation sites is 2. The minimum Gasteiger partial charge on any atom is -0.494 e. The highest BCUT2D eigenvalue weighted by molar-refractivity contribution is 5.77. The SMILES string of the molecule is O=C(O)C(CCOc1ccccc1)Nc1ccccc1. The van der Waals surface area contributed by atoms with E-state index in [2.05, 4.69) is 5.32 Å². The largest absolute Gasteiger partial charge is 0.494 e. The van der Waals surface area contributed by atoms with Crippen molar-refractivity contribution >= 4 is 11.7 Å². The number of anilines is 1. The van der Waals surface area contributed by atoms with Crippen LogP contribution in [-0.4, -0.2) is 23.7 Å². The fourth-order valence-electron chi connectivity index (χ4n) is 1.80. The molecule has 0 aliphatic heterocycles. The van der Waals surface area contributed by atoms with Crippen LogP contribution in [0, 0.1) is 0 Å². The van der Waals surface area contributed by atoms with Crippen molar-refractivity contribution in [2.45, 2.75) is 12.5 Å². The summed E-state index contributed by atoms with van der Waals surface area (Å²) >= 11 is 0. The molecule has 0 amide bonds. The highest BCUT2D eigenvalue weighted by Crippen LogP contribution is 2.12. The van der Waals surface area contributed by atoms with Crippen molar-refractivity contribution in [2.75, 3.05) is 11.9 Å². The van der Waals surface area contributed by atoms with Crippen LogP contribution < -0.4 is 10.1 Å². The molecule has 0 saturated carbocycles. The van der Waals surface area contributed by atoms with E-state index in [-0.39, 0.29) is 0 Å². The third-order valence-electron chi connectivity index (χ3n) is 2.83. The van der Waals surface area contributed by atoms with Crippen molar-refractivity contribution in [3.05, 3.63) is 60.7 Å². The van der Waals surface area contributed by atoms with Crippen LogP contribution in [0.3, 0.4) is 0 Å². The Kier molecular flexibility index (Phi) is 5.00. The monoisotopic (exact) mass is 271 g/mol. The molecule has 2 aromatic carbocycles. The summed E-state index contributed by atoms with van der Waals surface area (Å²) in [5.41, 5.74) is 0.791. The van der Waals surface area contributed by atoms with Crippen LogP contribution in [0.15, 0.2) is 60.7 Å². The Labute approximate surface area is 118 Å². The van der Waals surface area contributed by atoms with E-state index in [9.17, 15) is 9.90 Å². The number of hydrogen-bond acceptors (Lipinski definition) is 3. The predicted octanol–water partition coefficient (Wildman–Crippen LogP) is 3.02. The molecule has 0 aliphatic carbocycles. The van der Waals surface area contributed by atoms with Gasteiger partial charge in [0.15, 0.2) is 0 Å². The quantitative estimate of drug-likeness (QED) is 0.812. The van der Waals surface area contributed by atoms with Crippen LogP contribution in [0.2, 0.25) is 0 Å². The van der Waals surface area contributed by atoms with E-state index in [0.717, 1.165) is 11.4 Å². The number of rotatable bonds is 7. The first-order chi connectivity index (χ1) is 9.75. The zero-order valence-electron chi connectivity index (χ0n) is 11.0. The molecule has 0 bridgehead atoms. The first-order valence-corrected chi connectivity index (χ1v) is 6.48. The maximum Gasteiger partial charge on any atom is 0.326 e. The van der Waals surface area contributed by atoms with E-state index in [4.69, 9.17) is 4.74 Å². The summed E-state index contributed by atoms with van der Waals surface area (Å²) in [5.74, 6) is -0.137. The van der Waals surface area contributed by atoms with Gasteiger partial charge in [-0.25, -0.2) is 4.79 Å². The number of carbonyl (C=O) groups is 1. The Morgan fingerprint density at radius 3 is 2.25 bits per heavy atom. The lowest BCUT2D eigenvalue weighted by molar-refractivity contribution is -0.138. The Hall–Kier alpha value is -2.49. The van der Waals surface area contributed by atoms with Crippen LogP contribution in [0.5, 0.6) is 5.75 Å². The molecule has 20 heavy (non-hydrogen) atoms. The van der Waals surface area contributed by atoms with Crippen molar-refractivity contribution < 1.29 is 14.6 Å². The highest BCUT2D eigenvalue weighted by Gasteiger charge is 2.16. The maximum atomic E-state index is 11.2. The molecular formula is C16H17NO3. The molecule has 0 aliphatic rings. The lowest BCUT2D eigenvalue weighted by Crippen LogP contribution is -2.31. The second-order valence-electron chi connectivity index (χ2n) is 4.35. The summed E-state index contributed by atoms with van der Waals surface area (Å²) in [4.78, 5) is 11.2. The number of benzene rings is 2. The smallest absolute Gasteiger partial charge is 0.326 e. The molecule has 4 nitrogen and oxygen atoms in total. The van der Waals surface area contributed by atoms with E-state index >= 15 is 0 Å². The Bertz CT molecular complexity index is 528. The summed E-state index contributed by atoms with van der Waals surface area (Å²) in [7, 11) is 0. The Morgan fingerprint density at radius 2 is 1.65 bits per heavy atom. The van der Waals surface area contributed by atoms with Gasteiger partial charge < -0.3 is 15.2 Å². The second kappa shape index (κ2) is 7.19. The van der Waals surface area contributed by atoms with Gasteiger partial charge in [-0.15, -0.1) is 0 Å². The first kappa shape index (κ1) is 13.9. The van der Waals surface area contributed by atoms with E-state index in [1.54, 1.807) is 0 Å². The van der Waals surface area contributed by atoms with Gasteiger partial charge in [-0.1, -0.05) is 36.4 Å². The lowest BCUT2D eigenvalue weighted by atomic mass is 10.2. The number of ether oxygens (including phenoxy) is 1. The summed E-state index contributed by atoms with van der Waals surface area (Å²) < 4.78 is 5.52. The predicted molar refractivity (Wildman–Crippen MR) is 78.0 cm³/mol. The fraction of sp³-hybridized carbons (Fsp3) is 0.188. The molecule has 4 heteroatoms. The molecule has 2 aromatic rings. The van der Waals surface area contributed by atoms with E-state index in [1.165, 1.54) is 0 Å². The molecule has 2 N–H and O–H groups in total. The number of hydrogen-bond donors (Lipinski definition) is 2. The van der Waals surface area contributed by atoms with Gasteiger partial charge in [0.2, 0.25) is 0 Å². The number of carboxylic acid groups (broad SMARTS) is 1. The summed E-state index contributed by atoms with van der Waals surface area (Å²) in [6.45, 7) is 0.348. The average molecular weight is 271 g/mol. The third kappa shape index (κ3) is 4.31. The fourth-order valence-corrected chi connectivity index (χ4v) is 1.80. The van der Waals surface area contributed by atoms with Gasteiger partial charge in [0.05, 0.1) is 6.61 Å². The minimum absolute atomic E-state index is 0.348. The molecule has 0 radical (unpaired) electrons. The molecule has 1 atom stereocenters. The highest BCUT2D eigenvalue weighted by atomic mass is 16.5. The first-order valence-electron chi connectivity index (χ1n) is 6.48. The van der Waals surface area contributed by atoms with Gasteiger partial charge in [-0.05, 0) is 24.3 Å². The van der Waals surface area contributed by atoms with Crippen molar-refractivity contribution in [3.63, 3.8) is 0 Å². The van der Waals surface area contributed by atoms with Crippen molar-refractivity contribution in [1.82, 2.24) is 0 Å². The second-order valence-corrected chi connectivity index (χ2v) is 4.35. The van der Waals surface area contributed by atoms with Crippen molar-refractivity contribution in [1.29, 1.82) is 0 Å². The van der Waals surface area contributed by atoms with Gasteiger partial charge in [-0.3, -0.25) is 0 Å². The molecular weight excluding hydrogens is 254 g/mol. The molecule has 0 saturated heterocycles.